The Balaban J connectivity index is 2.69. The average Bonchev–Trinajstić information content (AvgIpc) is 2.39. The van der Waals surface area contributed by atoms with Gasteiger partial charge in [0.25, 0.3) is 0 Å². The fourth-order valence-electron chi connectivity index (χ4n) is 2.18. The van der Waals surface area contributed by atoms with Crippen LogP contribution in [0.2, 0.25) is 0 Å². The molecule has 1 aromatic carbocycles. The summed E-state index contributed by atoms with van der Waals surface area (Å²) in [6.45, 7) is 3.70. The Hall–Kier alpha value is -1.10. The lowest BCUT2D eigenvalue weighted by molar-refractivity contribution is 0.00637. The van der Waals surface area contributed by atoms with Crippen LogP contribution in [0.1, 0.15) is 50.2 Å². The Bertz CT molecular complexity index is 392. The van der Waals surface area contributed by atoms with Gasteiger partial charge < -0.3 is 20.4 Å². The third kappa shape index (κ3) is 4.49. The van der Waals surface area contributed by atoms with Crippen molar-refractivity contribution in [2.45, 2.75) is 57.8 Å². The third-order valence-electron chi connectivity index (χ3n) is 3.47. The van der Waals surface area contributed by atoms with Crippen LogP contribution in [0.3, 0.4) is 0 Å². The van der Waals surface area contributed by atoms with Crippen molar-refractivity contribution < 1.29 is 20.4 Å². The van der Waals surface area contributed by atoms with Gasteiger partial charge in [0.1, 0.15) is 5.75 Å². The van der Waals surface area contributed by atoms with Crippen molar-refractivity contribution in [3.63, 3.8) is 0 Å². The van der Waals surface area contributed by atoms with E-state index in [0.29, 0.717) is 18.4 Å². The van der Waals surface area contributed by atoms with E-state index in [1.807, 2.05) is 13.8 Å². The summed E-state index contributed by atoms with van der Waals surface area (Å²) in [7, 11) is 0. The molecule has 4 heteroatoms. The first-order valence-corrected chi connectivity index (χ1v) is 6.78. The molecule has 0 saturated carbocycles. The molecule has 0 radical (unpaired) electrons. The second-order valence-corrected chi connectivity index (χ2v) is 5.11. The van der Waals surface area contributed by atoms with E-state index in [2.05, 4.69) is 0 Å². The summed E-state index contributed by atoms with van der Waals surface area (Å²) in [6, 6.07) is 5.06. The van der Waals surface area contributed by atoms with Crippen molar-refractivity contribution in [3.8, 4) is 5.75 Å². The molecule has 0 aromatic heterocycles. The fraction of sp³-hybridized carbons (Fsp3) is 0.600. The maximum Gasteiger partial charge on any atom is 0.121 e. The Kier molecular flexibility index (Phi) is 6.28. The van der Waals surface area contributed by atoms with Gasteiger partial charge >= 0.3 is 0 Å². The smallest absolute Gasteiger partial charge is 0.121 e. The molecule has 4 nitrogen and oxygen atoms in total. The van der Waals surface area contributed by atoms with Crippen LogP contribution in [-0.2, 0) is 6.61 Å². The molecule has 4 N–H and O–H groups in total. The molecule has 0 bridgehead atoms. The molecule has 108 valence electrons. The minimum absolute atomic E-state index is 0.0485. The number of phenols is 1. The molecule has 3 atom stereocenters. The van der Waals surface area contributed by atoms with Crippen LogP contribution >= 0.6 is 0 Å². The van der Waals surface area contributed by atoms with Crippen molar-refractivity contribution >= 4 is 0 Å². The zero-order valence-electron chi connectivity index (χ0n) is 11.6. The largest absolute Gasteiger partial charge is 0.508 e. The molecule has 3 unspecified atom stereocenters. The molecule has 0 aliphatic rings. The minimum atomic E-state index is -0.749. The molecule has 1 rings (SSSR count). The van der Waals surface area contributed by atoms with Gasteiger partial charge in [-0.2, -0.15) is 0 Å². The summed E-state index contributed by atoms with van der Waals surface area (Å²) in [5.74, 6) is 0.123. The van der Waals surface area contributed by atoms with Crippen molar-refractivity contribution in [1.29, 1.82) is 0 Å². The van der Waals surface area contributed by atoms with Crippen LogP contribution < -0.4 is 0 Å². The lowest BCUT2D eigenvalue weighted by Gasteiger charge is -2.21. The monoisotopic (exact) mass is 268 g/mol. The number of rotatable bonds is 7. The summed E-state index contributed by atoms with van der Waals surface area (Å²) >= 11 is 0. The number of hydrogen-bond acceptors (Lipinski definition) is 4. The van der Waals surface area contributed by atoms with Gasteiger partial charge in [-0.1, -0.05) is 26.3 Å². The van der Waals surface area contributed by atoms with E-state index >= 15 is 0 Å². The summed E-state index contributed by atoms with van der Waals surface area (Å²) in [6.07, 6.45) is 0.436. The molecule has 0 heterocycles. The highest BCUT2D eigenvalue weighted by molar-refractivity contribution is 5.37. The Morgan fingerprint density at radius 2 is 1.84 bits per heavy atom. The van der Waals surface area contributed by atoms with E-state index in [1.54, 1.807) is 18.2 Å². The van der Waals surface area contributed by atoms with Crippen LogP contribution in [0.15, 0.2) is 18.2 Å². The van der Waals surface area contributed by atoms with E-state index in [1.165, 1.54) is 0 Å². The molecule has 0 fully saturated rings. The fourth-order valence-corrected chi connectivity index (χ4v) is 2.18. The maximum absolute atomic E-state index is 9.91. The zero-order valence-corrected chi connectivity index (χ0v) is 11.6. The van der Waals surface area contributed by atoms with E-state index in [9.17, 15) is 15.3 Å². The molecule has 19 heavy (non-hydrogen) atoms. The third-order valence-corrected chi connectivity index (χ3v) is 3.47. The quantitative estimate of drug-likeness (QED) is 0.609. The highest BCUT2D eigenvalue weighted by Gasteiger charge is 2.19. The number of aliphatic hydroxyl groups is 3. The van der Waals surface area contributed by atoms with E-state index in [-0.39, 0.29) is 18.3 Å². The van der Waals surface area contributed by atoms with Crippen LogP contribution in [0.5, 0.6) is 5.75 Å². The van der Waals surface area contributed by atoms with Crippen molar-refractivity contribution in [2.24, 2.45) is 0 Å². The predicted octanol–water partition coefficient (Wildman–Crippen LogP) is 1.90. The van der Waals surface area contributed by atoms with E-state index in [0.717, 1.165) is 12.0 Å². The van der Waals surface area contributed by atoms with E-state index in [4.69, 9.17) is 5.11 Å². The predicted molar refractivity (Wildman–Crippen MR) is 74.0 cm³/mol. The Morgan fingerprint density at radius 3 is 2.42 bits per heavy atom. The van der Waals surface area contributed by atoms with Crippen molar-refractivity contribution in [3.05, 3.63) is 29.3 Å². The number of hydrogen-bond donors (Lipinski definition) is 4. The lowest BCUT2D eigenvalue weighted by atomic mass is 9.91. The first-order chi connectivity index (χ1) is 8.99. The topological polar surface area (TPSA) is 80.9 Å². The summed E-state index contributed by atoms with van der Waals surface area (Å²) in [5.41, 5.74) is 1.41. The number of benzene rings is 1. The second kappa shape index (κ2) is 7.48. The molecule has 0 aliphatic heterocycles. The molecule has 0 aliphatic carbocycles. The molecule has 1 aromatic rings. The van der Waals surface area contributed by atoms with Crippen LogP contribution in [0, 0.1) is 0 Å². The van der Waals surface area contributed by atoms with Crippen molar-refractivity contribution in [2.75, 3.05) is 0 Å². The van der Waals surface area contributed by atoms with Crippen molar-refractivity contribution in [1.82, 2.24) is 0 Å². The van der Waals surface area contributed by atoms with E-state index < -0.39 is 12.2 Å². The first kappa shape index (κ1) is 16.0. The average molecular weight is 268 g/mol. The number of aliphatic hydroxyl groups excluding tert-OH is 3. The van der Waals surface area contributed by atoms with Gasteiger partial charge in [-0.15, -0.1) is 0 Å². The van der Waals surface area contributed by atoms with Gasteiger partial charge in [0, 0.05) is 5.56 Å². The molecular weight excluding hydrogens is 244 g/mol. The minimum Gasteiger partial charge on any atom is -0.508 e. The zero-order chi connectivity index (χ0) is 14.4. The van der Waals surface area contributed by atoms with Gasteiger partial charge in [0.05, 0.1) is 18.8 Å². The summed E-state index contributed by atoms with van der Waals surface area (Å²) < 4.78 is 0. The number of aromatic hydroxyl groups is 1. The molecule has 0 amide bonds. The Labute approximate surface area is 114 Å². The van der Waals surface area contributed by atoms with Crippen LogP contribution in [0.25, 0.3) is 0 Å². The first-order valence-electron chi connectivity index (χ1n) is 6.78. The molecule has 0 saturated heterocycles. The second-order valence-electron chi connectivity index (χ2n) is 5.11. The van der Waals surface area contributed by atoms with Gasteiger partial charge in [0.2, 0.25) is 0 Å². The molecule has 0 spiro atoms. The summed E-state index contributed by atoms with van der Waals surface area (Å²) in [4.78, 5) is 0. The summed E-state index contributed by atoms with van der Waals surface area (Å²) in [5, 5.41) is 38.3. The highest BCUT2D eigenvalue weighted by atomic mass is 16.3. The highest BCUT2D eigenvalue weighted by Crippen LogP contribution is 2.27. The van der Waals surface area contributed by atoms with Gasteiger partial charge in [0.15, 0.2) is 0 Å². The maximum atomic E-state index is 9.91. The standard InChI is InChI=1S/C15H24O4/c1-3-4-14(18)15(19)7-10(2)11-5-6-13(17)12(8-11)9-16/h5-6,8,10,14-19H,3-4,7,9H2,1-2H3. The van der Waals surface area contributed by atoms with Crippen LogP contribution in [0.4, 0.5) is 0 Å². The van der Waals surface area contributed by atoms with Gasteiger partial charge in [-0.25, -0.2) is 0 Å². The van der Waals surface area contributed by atoms with Gasteiger partial charge in [-0.3, -0.25) is 0 Å². The lowest BCUT2D eigenvalue weighted by Crippen LogP contribution is -2.27. The van der Waals surface area contributed by atoms with Gasteiger partial charge in [-0.05, 0) is 36.5 Å². The van der Waals surface area contributed by atoms with Crippen LogP contribution in [-0.4, -0.2) is 32.6 Å². The normalized spacial score (nSPS) is 16.1. The Morgan fingerprint density at radius 1 is 1.16 bits per heavy atom. The SMILES string of the molecule is CCCC(O)C(O)CC(C)c1ccc(O)c(CO)c1. The molecular formula is C15H24O4.